The summed E-state index contributed by atoms with van der Waals surface area (Å²) in [6, 6.07) is 23.0. The molecule has 0 aliphatic rings. The number of benzene rings is 3. The van der Waals surface area contributed by atoms with E-state index in [-0.39, 0.29) is 11.8 Å². The first-order chi connectivity index (χ1) is 16.0. The summed E-state index contributed by atoms with van der Waals surface area (Å²) in [6.45, 7) is 4.36. The fourth-order valence-electron chi connectivity index (χ4n) is 3.78. The molecule has 6 heteroatoms. The van der Waals surface area contributed by atoms with Crippen LogP contribution in [0.3, 0.4) is 0 Å². The Bertz CT molecular complexity index is 1310. The van der Waals surface area contributed by atoms with E-state index >= 15 is 0 Å². The zero-order chi connectivity index (χ0) is 23.4. The zero-order valence-corrected chi connectivity index (χ0v) is 18.9. The number of nitrogens with one attached hydrogen (secondary N) is 2. The van der Waals surface area contributed by atoms with E-state index in [1.807, 2.05) is 62.4 Å². The molecule has 0 radical (unpaired) electrons. The van der Waals surface area contributed by atoms with Gasteiger partial charge in [-0.2, -0.15) is 5.10 Å². The molecule has 0 fully saturated rings. The number of nitrogens with zero attached hydrogens (tertiary/aromatic N) is 2. The van der Waals surface area contributed by atoms with E-state index in [0.717, 1.165) is 27.9 Å². The van der Waals surface area contributed by atoms with Gasteiger partial charge in [0.05, 0.1) is 11.3 Å². The third kappa shape index (κ3) is 4.85. The van der Waals surface area contributed by atoms with Crippen LogP contribution < -0.4 is 10.6 Å². The van der Waals surface area contributed by atoms with Gasteiger partial charge < -0.3 is 10.6 Å². The van der Waals surface area contributed by atoms with Crippen LogP contribution in [0.15, 0.2) is 79.0 Å². The maximum Gasteiger partial charge on any atom is 0.255 e. The molecule has 1 aromatic heterocycles. The van der Waals surface area contributed by atoms with Crippen molar-refractivity contribution in [2.24, 2.45) is 0 Å². The smallest absolute Gasteiger partial charge is 0.255 e. The van der Waals surface area contributed by atoms with Crippen molar-refractivity contribution in [3.63, 3.8) is 0 Å². The molecule has 33 heavy (non-hydrogen) atoms. The normalized spacial score (nSPS) is 10.6. The van der Waals surface area contributed by atoms with Gasteiger partial charge in [-0.05, 0) is 49.2 Å². The highest BCUT2D eigenvalue weighted by Gasteiger charge is 2.20. The third-order valence-corrected chi connectivity index (χ3v) is 5.49. The van der Waals surface area contributed by atoms with E-state index in [0.29, 0.717) is 23.4 Å². The summed E-state index contributed by atoms with van der Waals surface area (Å²) in [5.74, 6) is -0.387. The lowest BCUT2D eigenvalue weighted by molar-refractivity contribution is 0.0949. The summed E-state index contributed by atoms with van der Waals surface area (Å²) in [5, 5.41) is 10.4. The molecule has 4 aromatic rings. The van der Waals surface area contributed by atoms with Crippen LogP contribution in [0.2, 0.25) is 0 Å². The van der Waals surface area contributed by atoms with Gasteiger partial charge in [-0.1, -0.05) is 54.1 Å². The number of hydrogen-bond donors (Lipinski definition) is 2. The minimum atomic E-state index is -0.225. The molecule has 3 aromatic carbocycles. The monoisotopic (exact) mass is 438 g/mol. The Labute approximate surface area is 193 Å². The number of carbonyl (C=O) groups excluding carboxylic acids is 2. The molecule has 0 saturated heterocycles. The second-order valence-electron chi connectivity index (χ2n) is 7.95. The molecule has 4 rings (SSSR count). The Kier molecular flexibility index (Phi) is 6.36. The molecule has 6 nitrogen and oxygen atoms in total. The molecule has 2 N–H and O–H groups in total. The van der Waals surface area contributed by atoms with Gasteiger partial charge in [0, 0.05) is 30.9 Å². The maximum atomic E-state index is 13.3. The van der Waals surface area contributed by atoms with Crippen molar-refractivity contribution in [2.75, 3.05) is 7.05 Å². The number of aromatic nitrogens is 2. The Balaban J connectivity index is 1.66. The molecule has 0 bridgehead atoms. The lowest BCUT2D eigenvalue weighted by atomic mass is 10.0. The summed E-state index contributed by atoms with van der Waals surface area (Å²) in [4.78, 5) is 25.2. The molecule has 0 atom stereocenters. The largest absolute Gasteiger partial charge is 0.355 e. The fourth-order valence-corrected chi connectivity index (χ4v) is 3.78. The van der Waals surface area contributed by atoms with Gasteiger partial charge in [0.25, 0.3) is 11.8 Å². The number of carbonyl (C=O) groups is 2. The molecule has 0 aliphatic carbocycles. The Hall–Kier alpha value is -4.19. The lowest BCUT2D eigenvalue weighted by Crippen LogP contribution is -2.23. The second kappa shape index (κ2) is 9.53. The van der Waals surface area contributed by atoms with Crippen molar-refractivity contribution in [2.45, 2.75) is 20.4 Å². The van der Waals surface area contributed by atoms with Gasteiger partial charge in [0.2, 0.25) is 0 Å². The zero-order valence-electron chi connectivity index (χ0n) is 18.9. The van der Waals surface area contributed by atoms with Crippen molar-refractivity contribution in [3.05, 3.63) is 107 Å². The molecular weight excluding hydrogens is 412 g/mol. The van der Waals surface area contributed by atoms with Gasteiger partial charge >= 0.3 is 0 Å². The van der Waals surface area contributed by atoms with Crippen LogP contribution in [0.1, 0.15) is 37.4 Å². The maximum absolute atomic E-state index is 13.3. The van der Waals surface area contributed by atoms with Crippen molar-refractivity contribution in [1.82, 2.24) is 20.4 Å². The van der Waals surface area contributed by atoms with Gasteiger partial charge in [0.15, 0.2) is 0 Å². The molecule has 1 heterocycles. The second-order valence-corrected chi connectivity index (χ2v) is 7.95. The minimum Gasteiger partial charge on any atom is -0.355 e. The van der Waals surface area contributed by atoms with E-state index in [1.54, 1.807) is 36.1 Å². The van der Waals surface area contributed by atoms with Crippen LogP contribution in [0.4, 0.5) is 0 Å². The third-order valence-electron chi connectivity index (χ3n) is 5.49. The average molecular weight is 439 g/mol. The lowest BCUT2D eigenvalue weighted by Gasteiger charge is -2.09. The topological polar surface area (TPSA) is 76.0 Å². The van der Waals surface area contributed by atoms with Crippen molar-refractivity contribution >= 4 is 11.8 Å². The van der Waals surface area contributed by atoms with E-state index in [2.05, 4.69) is 16.7 Å². The predicted octanol–water partition coefficient (Wildman–Crippen LogP) is 4.45. The summed E-state index contributed by atoms with van der Waals surface area (Å²) in [5.41, 5.74) is 6.52. The summed E-state index contributed by atoms with van der Waals surface area (Å²) in [6.07, 6.45) is 1.76. The molecule has 2 amide bonds. The summed E-state index contributed by atoms with van der Waals surface area (Å²) < 4.78 is 1.73. The highest BCUT2D eigenvalue weighted by atomic mass is 16.2. The molecular formula is C27H26N4O2. The van der Waals surface area contributed by atoms with E-state index in [4.69, 9.17) is 5.10 Å². The molecule has 166 valence electrons. The Morgan fingerprint density at radius 3 is 2.42 bits per heavy atom. The predicted molar refractivity (Wildman–Crippen MR) is 129 cm³/mol. The van der Waals surface area contributed by atoms with E-state index < -0.39 is 0 Å². The van der Waals surface area contributed by atoms with Gasteiger partial charge in [-0.25, -0.2) is 4.68 Å². The van der Waals surface area contributed by atoms with Crippen LogP contribution in [0.5, 0.6) is 0 Å². The van der Waals surface area contributed by atoms with Crippen LogP contribution in [0.25, 0.3) is 16.9 Å². The summed E-state index contributed by atoms with van der Waals surface area (Å²) >= 11 is 0. The van der Waals surface area contributed by atoms with Gasteiger partial charge in [-0.3, -0.25) is 9.59 Å². The molecule has 0 spiro atoms. The fraction of sp³-hybridized carbons (Fsp3) is 0.148. The first-order valence-corrected chi connectivity index (χ1v) is 10.8. The summed E-state index contributed by atoms with van der Waals surface area (Å²) in [7, 11) is 1.59. The number of aryl methyl sites for hydroxylation is 2. The molecule has 0 unspecified atom stereocenters. The van der Waals surface area contributed by atoms with Gasteiger partial charge in [0.1, 0.15) is 5.69 Å². The number of rotatable bonds is 6. The van der Waals surface area contributed by atoms with E-state index in [9.17, 15) is 9.59 Å². The highest BCUT2D eigenvalue weighted by Crippen LogP contribution is 2.27. The van der Waals surface area contributed by atoms with Crippen molar-refractivity contribution in [3.8, 4) is 16.9 Å². The average Bonchev–Trinajstić information content (AvgIpc) is 3.28. The Morgan fingerprint density at radius 1 is 0.909 bits per heavy atom. The number of amides is 2. The Morgan fingerprint density at radius 2 is 1.70 bits per heavy atom. The number of hydrogen-bond acceptors (Lipinski definition) is 3. The van der Waals surface area contributed by atoms with Crippen LogP contribution in [-0.2, 0) is 6.54 Å². The first kappa shape index (κ1) is 22.0. The van der Waals surface area contributed by atoms with Gasteiger partial charge in [-0.15, -0.1) is 0 Å². The highest BCUT2D eigenvalue weighted by molar-refractivity contribution is 6.00. The van der Waals surface area contributed by atoms with Crippen LogP contribution in [-0.4, -0.2) is 28.6 Å². The number of para-hydroxylation sites is 1. The molecule has 0 aliphatic heterocycles. The molecule has 0 saturated carbocycles. The SMILES string of the molecule is CNC(=O)c1cccc(CNC(=O)c2cn(-c3ccccc3)nc2-c2ccc(C)cc2C)c1. The quantitative estimate of drug-likeness (QED) is 0.467. The standard InChI is InChI=1S/C27H26N4O2/c1-18-12-13-23(19(2)14-18)25-24(17-31(30-25)22-10-5-4-6-11-22)27(33)29-16-20-8-7-9-21(15-20)26(32)28-3/h4-15,17H,16H2,1-3H3,(H,28,32)(H,29,33). The van der Waals surface area contributed by atoms with Crippen LogP contribution >= 0.6 is 0 Å². The minimum absolute atomic E-state index is 0.163. The van der Waals surface area contributed by atoms with E-state index in [1.165, 1.54) is 0 Å². The first-order valence-electron chi connectivity index (χ1n) is 10.8. The van der Waals surface area contributed by atoms with Crippen LogP contribution in [0, 0.1) is 13.8 Å². The van der Waals surface area contributed by atoms with Crippen molar-refractivity contribution < 1.29 is 9.59 Å². The van der Waals surface area contributed by atoms with Crippen molar-refractivity contribution in [1.29, 1.82) is 0 Å².